The van der Waals surface area contributed by atoms with Crippen molar-refractivity contribution in [3.05, 3.63) is 40.9 Å². The molecule has 2 saturated carbocycles. The molecule has 1 amide bonds. The Balaban J connectivity index is 1.49. The van der Waals surface area contributed by atoms with E-state index in [1.807, 2.05) is 37.3 Å². The number of thiazole rings is 1. The third kappa shape index (κ3) is 4.16. The maximum Gasteiger partial charge on any atom is 0.220 e. The largest absolute Gasteiger partial charge is 0.396 e. The zero-order valence-electron chi connectivity index (χ0n) is 20.2. The number of nitrogens with one attached hydrogen (secondary N) is 2. The van der Waals surface area contributed by atoms with Gasteiger partial charge in [0.05, 0.1) is 18.4 Å². The van der Waals surface area contributed by atoms with E-state index in [-0.39, 0.29) is 29.8 Å². The highest BCUT2D eigenvalue weighted by Crippen LogP contribution is 2.62. The normalized spacial score (nSPS) is 33.2. The number of hydrogen-bond donors (Lipinski definition) is 4. The molecule has 0 unspecified atom stereocenters. The van der Waals surface area contributed by atoms with E-state index in [1.165, 1.54) is 17.7 Å². The molecule has 6 nitrogen and oxygen atoms in total. The Morgan fingerprint density at radius 1 is 1.18 bits per heavy atom. The molecule has 0 saturated heterocycles. The molecule has 0 aliphatic heterocycles. The fraction of sp³-hybridized carbons (Fsp3) is 0.630. The molecule has 184 valence electrons. The average molecular weight is 484 g/mol. The van der Waals surface area contributed by atoms with Crippen LogP contribution in [0.3, 0.4) is 0 Å². The summed E-state index contributed by atoms with van der Waals surface area (Å²) in [7, 11) is 0. The lowest BCUT2D eigenvalue weighted by Crippen LogP contribution is -2.57. The van der Waals surface area contributed by atoms with E-state index in [4.69, 9.17) is 4.98 Å². The fourth-order valence-electron chi connectivity index (χ4n) is 6.89. The van der Waals surface area contributed by atoms with Crippen LogP contribution in [-0.2, 0) is 11.2 Å². The summed E-state index contributed by atoms with van der Waals surface area (Å²) < 4.78 is 0. The molecule has 0 bridgehead atoms. The summed E-state index contributed by atoms with van der Waals surface area (Å²) in [6, 6.07) is 10.3. The second kappa shape index (κ2) is 9.25. The Kier molecular flexibility index (Phi) is 6.46. The SMILES string of the molecule is C[C@]1(CO)[C@H]2Cc3sc(Nc4ccccc4)nc3[C@@H](CC(=O)NC3CCCC3)[C@]2(C)CC[C@H]1O. The fourth-order valence-corrected chi connectivity index (χ4v) is 7.98. The molecule has 5 atom stereocenters. The average Bonchev–Trinajstić information content (AvgIpc) is 3.48. The Morgan fingerprint density at radius 2 is 1.91 bits per heavy atom. The van der Waals surface area contributed by atoms with Crippen LogP contribution in [0.4, 0.5) is 10.8 Å². The highest BCUT2D eigenvalue weighted by atomic mass is 32.1. The summed E-state index contributed by atoms with van der Waals surface area (Å²) in [6.45, 7) is 4.22. The lowest BCUT2D eigenvalue weighted by molar-refractivity contribution is -0.144. The van der Waals surface area contributed by atoms with E-state index in [0.717, 1.165) is 42.2 Å². The third-order valence-electron chi connectivity index (χ3n) is 9.03. The molecule has 1 aromatic heterocycles. The van der Waals surface area contributed by atoms with Gasteiger partial charge in [-0.15, -0.1) is 11.3 Å². The number of anilines is 2. The summed E-state index contributed by atoms with van der Waals surface area (Å²) in [6.07, 6.45) is 6.61. The number of aliphatic hydroxyl groups is 2. The van der Waals surface area contributed by atoms with Crippen molar-refractivity contribution in [3.8, 4) is 0 Å². The number of amides is 1. The summed E-state index contributed by atoms with van der Waals surface area (Å²) in [5.41, 5.74) is 1.21. The Labute approximate surface area is 206 Å². The van der Waals surface area contributed by atoms with Crippen LogP contribution in [0, 0.1) is 16.7 Å². The Hall–Kier alpha value is -1.96. The number of para-hydroxylation sites is 1. The summed E-state index contributed by atoms with van der Waals surface area (Å²) >= 11 is 1.64. The minimum atomic E-state index is -0.595. The van der Waals surface area contributed by atoms with Gasteiger partial charge in [0.25, 0.3) is 0 Å². The highest BCUT2D eigenvalue weighted by molar-refractivity contribution is 7.15. The van der Waals surface area contributed by atoms with Gasteiger partial charge < -0.3 is 20.8 Å². The van der Waals surface area contributed by atoms with Gasteiger partial charge in [0.15, 0.2) is 5.13 Å². The molecule has 2 aromatic rings. The molecule has 34 heavy (non-hydrogen) atoms. The molecule has 0 spiro atoms. The van der Waals surface area contributed by atoms with Crippen molar-refractivity contribution in [2.75, 3.05) is 11.9 Å². The van der Waals surface area contributed by atoms with Gasteiger partial charge in [-0.25, -0.2) is 4.98 Å². The number of nitrogens with zero attached hydrogens (tertiary/aromatic N) is 1. The number of aromatic nitrogens is 1. The number of aliphatic hydroxyl groups excluding tert-OH is 2. The van der Waals surface area contributed by atoms with Gasteiger partial charge in [0, 0.05) is 34.4 Å². The number of rotatable bonds is 6. The monoisotopic (exact) mass is 483 g/mol. The van der Waals surface area contributed by atoms with E-state index in [9.17, 15) is 15.0 Å². The molecule has 0 radical (unpaired) electrons. The van der Waals surface area contributed by atoms with Crippen LogP contribution in [0.5, 0.6) is 0 Å². The predicted molar refractivity (Wildman–Crippen MR) is 135 cm³/mol. The molecule has 3 aliphatic rings. The van der Waals surface area contributed by atoms with Gasteiger partial charge in [-0.05, 0) is 55.6 Å². The van der Waals surface area contributed by atoms with Gasteiger partial charge in [-0.2, -0.15) is 0 Å². The maximum atomic E-state index is 13.2. The predicted octanol–water partition coefficient (Wildman–Crippen LogP) is 4.75. The van der Waals surface area contributed by atoms with E-state index in [2.05, 4.69) is 17.6 Å². The van der Waals surface area contributed by atoms with Crippen LogP contribution in [0.15, 0.2) is 30.3 Å². The maximum absolute atomic E-state index is 13.2. The molecule has 1 heterocycles. The highest BCUT2D eigenvalue weighted by Gasteiger charge is 2.59. The van der Waals surface area contributed by atoms with Crippen molar-refractivity contribution in [1.82, 2.24) is 10.3 Å². The first-order valence-electron chi connectivity index (χ1n) is 12.7. The van der Waals surface area contributed by atoms with Crippen molar-refractivity contribution >= 4 is 28.1 Å². The Bertz CT molecular complexity index is 1020. The van der Waals surface area contributed by atoms with Crippen molar-refractivity contribution in [2.24, 2.45) is 16.7 Å². The quantitative estimate of drug-likeness (QED) is 0.476. The van der Waals surface area contributed by atoms with Gasteiger partial charge in [-0.1, -0.05) is 44.9 Å². The van der Waals surface area contributed by atoms with E-state index in [0.29, 0.717) is 18.9 Å². The lowest BCUT2D eigenvalue weighted by atomic mass is 9.47. The molecule has 4 N–H and O–H groups in total. The molecule has 3 aliphatic carbocycles. The van der Waals surface area contributed by atoms with Gasteiger partial charge in [0.2, 0.25) is 5.91 Å². The second-order valence-electron chi connectivity index (χ2n) is 11.1. The van der Waals surface area contributed by atoms with Crippen LogP contribution in [0.1, 0.15) is 75.3 Å². The van der Waals surface area contributed by atoms with Crippen LogP contribution in [-0.4, -0.2) is 39.9 Å². The second-order valence-corrected chi connectivity index (χ2v) is 12.2. The van der Waals surface area contributed by atoms with Crippen LogP contribution >= 0.6 is 11.3 Å². The summed E-state index contributed by atoms with van der Waals surface area (Å²) in [5, 5.41) is 28.9. The minimum Gasteiger partial charge on any atom is -0.396 e. The van der Waals surface area contributed by atoms with E-state index >= 15 is 0 Å². The molecule has 2 fully saturated rings. The molecule has 5 rings (SSSR count). The summed E-state index contributed by atoms with van der Waals surface area (Å²) in [5.74, 6) is 0.145. The van der Waals surface area contributed by atoms with E-state index in [1.54, 1.807) is 11.3 Å². The molecule has 1 aromatic carbocycles. The number of fused-ring (bicyclic) bond motifs is 2. The van der Waals surface area contributed by atoms with Crippen molar-refractivity contribution in [3.63, 3.8) is 0 Å². The summed E-state index contributed by atoms with van der Waals surface area (Å²) in [4.78, 5) is 19.5. The van der Waals surface area contributed by atoms with E-state index < -0.39 is 11.5 Å². The first-order chi connectivity index (χ1) is 16.3. The van der Waals surface area contributed by atoms with Crippen molar-refractivity contribution in [2.45, 2.75) is 83.3 Å². The first kappa shape index (κ1) is 23.8. The zero-order chi connectivity index (χ0) is 23.9. The Morgan fingerprint density at radius 3 is 2.62 bits per heavy atom. The number of carbonyl (C=O) groups is 1. The van der Waals surface area contributed by atoms with Crippen molar-refractivity contribution in [1.29, 1.82) is 0 Å². The van der Waals surface area contributed by atoms with Crippen LogP contribution in [0.2, 0.25) is 0 Å². The minimum absolute atomic E-state index is 0.0383. The molecule has 7 heteroatoms. The van der Waals surface area contributed by atoms with Gasteiger partial charge in [-0.3, -0.25) is 4.79 Å². The first-order valence-corrected chi connectivity index (χ1v) is 13.5. The van der Waals surface area contributed by atoms with Gasteiger partial charge >= 0.3 is 0 Å². The smallest absolute Gasteiger partial charge is 0.220 e. The number of carbonyl (C=O) groups excluding carboxylic acids is 1. The topological polar surface area (TPSA) is 94.5 Å². The number of hydrogen-bond acceptors (Lipinski definition) is 6. The van der Waals surface area contributed by atoms with Crippen molar-refractivity contribution < 1.29 is 15.0 Å². The lowest BCUT2D eigenvalue weighted by Gasteiger charge is -2.58. The standard InChI is InChI=1S/C27H37N3O3S/c1-26-13-12-22(32)27(2,16-31)21(26)15-20-24(19(26)14-23(33)28-17-10-6-7-11-17)30-25(34-20)29-18-8-4-3-5-9-18/h3-5,8-9,17,19,21-22,31-32H,6-7,10-16H2,1-2H3,(H,28,33)(H,29,30)/t19-,21+,22-,26+,27+/m1/s1. The van der Waals surface area contributed by atoms with Gasteiger partial charge in [0.1, 0.15) is 0 Å². The molecular weight excluding hydrogens is 446 g/mol. The zero-order valence-corrected chi connectivity index (χ0v) is 21.0. The van der Waals surface area contributed by atoms with Crippen LogP contribution in [0.25, 0.3) is 0 Å². The third-order valence-corrected chi connectivity index (χ3v) is 10.0. The number of benzene rings is 1. The molecular formula is C27H37N3O3S. The van der Waals surface area contributed by atoms with Crippen LogP contribution < -0.4 is 10.6 Å².